The molecule has 0 aliphatic heterocycles. The number of alkyl halides is 2. The first kappa shape index (κ1) is 13.6. The summed E-state index contributed by atoms with van der Waals surface area (Å²) in [6.07, 6.45) is -0.988. The van der Waals surface area contributed by atoms with Gasteiger partial charge >= 0.3 is 0 Å². The van der Waals surface area contributed by atoms with Crippen LogP contribution in [0.3, 0.4) is 0 Å². The lowest BCUT2D eigenvalue weighted by molar-refractivity contribution is -0.0901. The van der Waals surface area contributed by atoms with E-state index in [1.807, 2.05) is 0 Å². The predicted octanol–water partition coefficient (Wildman–Crippen LogP) is 3.10. The Labute approximate surface area is 114 Å². The third-order valence-corrected chi connectivity index (χ3v) is 3.53. The van der Waals surface area contributed by atoms with Crippen molar-refractivity contribution < 1.29 is 22.4 Å². The predicted molar refractivity (Wildman–Crippen MR) is 64.5 cm³/mol. The number of halogens is 5. The normalized spacial score (nSPS) is 18.3. The van der Waals surface area contributed by atoms with E-state index in [-0.39, 0.29) is 3.57 Å². The molecule has 0 bridgehead atoms. The Hall–Kier alpha value is -0.860. The number of nitrogens with one attached hydrogen (secondary N) is 1. The van der Waals surface area contributed by atoms with Crippen LogP contribution in [0.2, 0.25) is 0 Å². The molecule has 0 radical (unpaired) electrons. The van der Waals surface area contributed by atoms with E-state index < -0.39 is 47.9 Å². The number of benzene rings is 1. The van der Waals surface area contributed by atoms with Crippen molar-refractivity contribution >= 4 is 28.5 Å². The molecular weight excluding hydrogens is 365 g/mol. The van der Waals surface area contributed by atoms with E-state index in [0.29, 0.717) is 0 Å². The number of hydrogen-bond donors (Lipinski definition) is 1. The standard InChI is InChI=1S/C11H8F4INO/c12-6-1-2-7(16)9(13)8(6)10(18)17-5-3-11(14,15)4-5/h1-2,5H,3-4H2,(H,17,18). The first-order chi connectivity index (χ1) is 8.30. The van der Waals surface area contributed by atoms with Crippen LogP contribution in [0.5, 0.6) is 0 Å². The first-order valence-corrected chi connectivity index (χ1v) is 6.20. The summed E-state index contributed by atoms with van der Waals surface area (Å²) < 4.78 is 52.2. The van der Waals surface area contributed by atoms with Crippen molar-refractivity contribution in [3.05, 3.63) is 32.9 Å². The quantitative estimate of drug-likeness (QED) is 0.482. The maximum absolute atomic E-state index is 13.6. The average Bonchev–Trinajstić information content (AvgIpc) is 2.21. The fourth-order valence-corrected chi connectivity index (χ4v) is 2.21. The molecule has 0 unspecified atom stereocenters. The van der Waals surface area contributed by atoms with Crippen molar-refractivity contribution in [3.63, 3.8) is 0 Å². The van der Waals surface area contributed by atoms with Crippen molar-refractivity contribution in [1.82, 2.24) is 5.32 Å². The minimum Gasteiger partial charge on any atom is -0.349 e. The van der Waals surface area contributed by atoms with Crippen LogP contribution in [0.4, 0.5) is 17.6 Å². The molecule has 0 spiro atoms. The lowest BCUT2D eigenvalue weighted by Crippen LogP contribution is -2.50. The van der Waals surface area contributed by atoms with Gasteiger partial charge in [0, 0.05) is 22.5 Å². The smallest absolute Gasteiger partial charge is 0.257 e. The Bertz CT molecular complexity index is 498. The molecule has 2 rings (SSSR count). The highest BCUT2D eigenvalue weighted by Gasteiger charge is 2.46. The van der Waals surface area contributed by atoms with Crippen molar-refractivity contribution in [2.75, 3.05) is 0 Å². The van der Waals surface area contributed by atoms with Gasteiger partial charge in [0.25, 0.3) is 11.8 Å². The van der Waals surface area contributed by atoms with Gasteiger partial charge in [0.1, 0.15) is 11.4 Å². The molecule has 2 nitrogen and oxygen atoms in total. The molecule has 1 aromatic rings. The van der Waals surface area contributed by atoms with Crippen LogP contribution >= 0.6 is 22.6 Å². The van der Waals surface area contributed by atoms with E-state index in [4.69, 9.17) is 0 Å². The van der Waals surface area contributed by atoms with Crippen molar-refractivity contribution in [2.45, 2.75) is 24.8 Å². The number of carbonyl (C=O) groups excluding carboxylic acids is 1. The minimum absolute atomic E-state index is 0.0955. The van der Waals surface area contributed by atoms with E-state index in [9.17, 15) is 22.4 Å². The number of rotatable bonds is 2. The van der Waals surface area contributed by atoms with E-state index in [1.54, 1.807) is 22.6 Å². The number of carbonyl (C=O) groups is 1. The van der Waals surface area contributed by atoms with Crippen LogP contribution in [0, 0.1) is 15.2 Å². The average molecular weight is 373 g/mol. The van der Waals surface area contributed by atoms with Gasteiger partial charge in [-0.05, 0) is 34.7 Å². The summed E-state index contributed by atoms with van der Waals surface area (Å²) >= 11 is 1.62. The molecule has 1 N–H and O–H groups in total. The van der Waals surface area contributed by atoms with Crippen molar-refractivity contribution in [1.29, 1.82) is 0 Å². The Morgan fingerprint density at radius 1 is 1.33 bits per heavy atom. The summed E-state index contributed by atoms with van der Waals surface area (Å²) in [5, 5.41) is 2.19. The van der Waals surface area contributed by atoms with Crippen molar-refractivity contribution in [3.8, 4) is 0 Å². The lowest BCUT2D eigenvalue weighted by atomic mass is 9.88. The summed E-state index contributed by atoms with van der Waals surface area (Å²) in [5.74, 6) is -5.76. The molecule has 7 heteroatoms. The Balaban J connectivity index is 2.13. The van der Waals surface area contributed by atoms with Gasteiger partial charge < -0.3 is 5.32 Å². The molecule has 1 aliphatic carbocycles. The van der Waals surface area contributed by atoms with Crippen molar-refractivity contribution in [2.24, 2.45) is 0 Å². The topological polar surface area (TPSA) is 29.1 Å². The van der Waals surface area contributed by atoms with Gasteiger partial charge in [0.2, 0.25) is 0 Å². The molecule has 1 saturated carbocycles. The second kappa shape index (κ2) is 4.67. The van der Waals surface area contributed by atoms with Gasteiger partial charge in [0.05, 0.1) is 0 Å². The number of amides is 1. The summed E-state index contributed by atoms with van der Waals surface area (Å²) in [7, 11) is 0. The van der Waals surface area contributed by atoms with Gasteiger partial charge in [-0.15, -0.1) is 0 Å². The highest BCUT2D eigenvalue weighted by atomic mass is 127. The van der Waals surface area contributed by atoms with Crippen LogP contribution in [0.1, 0.15) is 23.2 Å². The monoisotopic (exact) mass is 373 g/mol. The van der Waals surface area contributed by atoms with Crippen LogP contribution < -0.4 is 5.32 Å². The van der Waals surface area contributed by atoms with E-state index in [1.165, 1.54) is 6.07 Å². The molecule has 98 valence electrons. The van der Waals surface area contributed by atoms with E-state index in [2.05, 4.69) is 5.32 Å². The SMILES string of the molecule is O=C(NC1CC(F)(F)C1)c1c(F)ccc(I)c1F. The molecule has 18 heavy (non-hydrogen) atoms. The zero-order chi connectivity index (χ0) is 13.5. The Morgan fingerprint density at radius 2 is 1.94 bits per heavy atom. The molecular formula is C11H8F4INO. The third kappa shape index (κ3) is 2.60. The van der Waals surface area contributed by atoms with Crippen LogP contribution in [-0.4, -0.2) is 17.9 Å². The zero-order valence-corrected chi connectivity index (χ0v) is 11.1. The van der Waals surface area contributed by atoms with E-state index >= 15 is 0 Å². The maximum Gasteiger partial charge on any atom is 0.257 e. The maximum atomic E-state index is 13.6. The molecule has 0 aromatic heterocycles. The van der Waals surface area contributed by atoms with Gasteiger partial charge in [-0.25, -0.2) is 17.6 Å². The summed E-state index contributed by atoms with van der Waals surface area (Å²) in [4.78, 5) is 11.6. The largest absolute Gasteiger partial charge is 0.349 e. The zero-order valence-electron chi connectivity index (χ0n) is 8.94. The second-order valence-electron chi connectivity index (χ2n) is 4.15. The summed E-state index contributed by atoms with van der Waals surface area (Å²) in [6, 6.07) is 1.43. The summed E-state index contributed by atoms with van der Waals surface area (Å²) in [5.41, 5.74) is -0.725. The molecule has 1 fully saturated rings. The van der Waals surface area contributed by atoms with E-state index in [0.717, 1.165) is 6.07 Å². The molecule has 1 aliphatic rings. The fourth-order valence-electron chi connectivity index (χ4n) is 1.76. The minimum atomic E-state index is -2.79. The summed E-state index contributed by atoms with van der Waals surface area (Å²) in [6.45, 7) is 0. The number of hydrogen-bond acceptors (Lipinski definition) is 1. The van der Waals surface area contributed by atoms with Gasteiger partial charge in [-0.1, -0.05) is 0 Å². The lowest BCUT2D eigenvalue weighted by Gasteiger charge is -2.35. The second-order valence-corrected chi connectivity index (χ2v) is 5.31. The first-order valence-electron chi connectivity index (χ1n) is 5.12. The van der Waals surface area contributed by atoms with Gasteiger partial charge in [-0.2, -0.15) is 0 Å². The van der Waals surface area contributed by atoms with Crippen LogP contribution in [0.25, 0.3) is 0 Å². The van der Waals surface area contributed by atoms with Gasteiger partial charge in [0.15, 0.2) is 5.82 Å². The van der Waals surface area contributed by atoms with Crippen LogP contribution in [-0.2, 0) is 0 Å². The highest BCUT2D eigenvalue weighted by Crippen LogP contribution is 2.37. The fraction of sp³-hybridized carbons (Fsp3) is 0.364. The Kier molecular flexibility index (Phi) is 3.52. The van der Waals surface area contributed by atoms with Crippen LogP contribution in [0.15, 0.2) is 12.1 Å². The molecule has 0 heterocycles. The molecule has 0 atom stereocenters. The molecule has 1 amide bonds. The Morgan fingerprint density at radius 3 is 2.50 bits per heavy atom. The van der Waals surface area contributed by atoms with Gasteiger partial charge in [-0.3, -0.25) is 4.79 Å². The molecule has 1 aromatic carbocycles. The highest BCUT2D eigenvalue weighted by molar-refractivity contribution is 14.1. The molecule has 0 saturated heterocycles. The third-order valence-electron chi connectivity index (χ3n) is 2.70.